The minimum Gasteiger partial charge on any atom is -0.456 e. The van der Waals surface area contributed by atoms with Crippen LogP contribution in [0.1, 0.15) is 37.5 Å². The van der Waals surface area contributed by atoms with E-state index in [1.54, 1.807) is 0 Å². The van der Waals surface area contributed by atoms with E-state index < -0.39 is 0 Å². The van der Waals surface area contributed by atoms with Crippen molar-refractivity contribution in [1.29, 1.82) is 0 Å². The Bertz CT molecular complexity index is 1780. The number of benzene rings is 4. The highest BCUT2D eigenvalue weighted by atomic mass is 16.3. The zero-order valence-electron chi connectivity index (χ0n) is 22.1. The van der Waals surface area contributed by atoms with E-state index in [0.29, 0.717) is 0 Å². The summed E-state index contributed by atoms with van der Waals surface area (Å²) in [6, 6.07) is 32.4. The van der Waals surface area contributed by atoms with Crippen molar-refractivity contribution in [2.75, 3.05) is 0 Å². The predicted octanol–water partition coefficient (Wildman–Crippen LogP) is 9.90. The summed E-state index contributed by atoms with van der Waals surface area (Å²) >= 11 is 0. The molecule has 6 aromatic rings. The van der Waals surface area contributed by atoms with Crippen LogP contribution in [0.25, 0.3) is 55.4 Å². The topological polar surface area (TPSA) is 26.0 Å². The number of aromatic nitrogens is 1. The Hall–Kier alpha value is -4.17. The van der Waals surface area contributed by atoms with Gasteiger partial charge < -0.3 is 4.42 Å². The molecule has 0 aliphatic heterocycles. The first-order valence-electron chi connectivity index (χ1n) is 12.9. The van der Waals surface area contributed by atoms with Gasteiger partial charge in [0.25, 0.3) is 0 Å². The SMILES string of the molecule is Cc1ccccc1-c1cc(-c2ccccc2C)c2c(c1)oc1cc(-c3cc(C(C)(C)C)ccn3)ccc12. The highest BCUT2D eigenvalue weighted by Crippen LogP contribution is 2.42. The standard InChI is InChI=1S/C35H31NO/c1-22-10-6-8-12-27(22)25-18-30(28-13-9-7-11-23(28)2)34-29-15-14-24(19-32(29)37-33(34)20-25)31-21-26(16-17-36-31)35(3,4)5/h6-21H,1-5H3. The Balaban J connectivity index is 1.61. The maximum absolute atomic E-state index is 6.59. The molecule has 0 aliphatic carbocycles. The lowest BCUT2D eigenvalue weighted by atomic mass is 9.87. The molecule has 37 heavy (non-hydrogen) atoms. The van der Waals surface area contributed by atoms with Crippen LogP contribution in [0.5, 0.6) is 0 Å². The highest BCUT2D eigenvalue weighted by molar-refractivity contribution is 6.14. The molecule has 6 rings (SSSR count). The summed E-state index contributed by atoms with van der Waals surface area (Å²) in [7, 11) is 0. The van der Waals surface area contributed by atoms with E-state index in [2.05, 4.69) is 131 Å². The van der Waals surface area contributed by atoms with E-state index in [9.17, 15) is 0 Å². The second kappa shape index (κ2) is 8.74. The molecule has 0 fully saturated rings. The van der Waals surface area contributed by atoms with Gasteiger partial charge in [-0.15, -0.1) is 0 Å². The molecular weight excluding hydrogens is 450 g/mol. The van der Waals surface area contributed by atoms with Gasteiger partial charge in [-0.2, -0.15) is 0 Å². The van der Waals surface area contributed by atoms with Gasteiger partial charge in [-0.25, -0.2) is 0 Å². The molecule has 0 atom stereocenters. The number of hydrogen-bond acceptors (Lipinski definition) is 2. The zero-order chi connectivity index (χ0) is 25.7. The molecule has 2 nitrogen and oxygen atoms in total. The second-order valence-corrected chi connectivity index (χ2v) is 11.0. The summed E-state index contributed by atoms with van der Waals surface area (Å²) in [6.45, 7) is 11.0. The minimum atomic E-state index is 0.0650. The summed E-state index contributed by atoms with van der Waals surface area (Å²) in [6.07, 6.45) is 1.91. The van der Waals surface area contributed by atoms with Crippen LogP contribution in [-0.4, -0.2) is 4.98 Å². The normalized spacial score (nSPS) is 11.9. The Kier molecular flexibility index (Phi) is 5.49. The lowest BCUT2D eigenvalue weighted by Gasteiger charge is -2.19. The third-order valence-corrected chi connectivity index (χ3v) is 7.39. The van der Waals surface area contributed by atoms with Gasteiger partial charge in [-0.3, -0.25) is 4.98 Å². The molecule has 0 unspecified atom stereocenters. The van der Waals surface area contributed by atoms with Gasteiger partial charge in [0.2, 0.25) is 0 Å². The van der Waals surface area contributed by atoms with Gasteiger partial charge in [0.15, 0.2) is 0 Å². The molecule has 0 saturated heterocycles. The van der Waals surface area contributed by atoms with Crippen molar-refractivity contribution in [2.24, 2.45) is 0 Å². The molecule has 0 amide bonds. The van der Waals surface area contributed by atoms with Crippen LogP contribution in [0.4, 0.5) is 0 Å². The summed E-state index contributed by atoms with van der Waals surface area (Å²) in [5.41, 5.74) is 12.5. The molecule has 0 radical (unpaired) electrons. The third-order valence-electron chi connectivity index (χ3n) is 7.39. The molecule has 2 heteroatoms. The number of hydrogen-bond donors (Lipinski definition) is 0. The van der Waals surface area contributed by atoms with Gasteiger partial charge in [0.05, 0.1) is 5.69 Å². The molecule has 0 aliphatic rings. The van der Waals surface area contributed by atoms with Crippen molar-refractivity contribution in [3.8, 4) is 33.5 Å². The average Bonchev–Trinajstić information content (AvgIpc) is 3.26. The smallest absolute Gasteiger partial charge is 0.136 e. The van der Waals surface area contributed by atoms with Crippen LogP contribution < -0.4 is 0 Å². The van der Waals surface area contributed by atoms with Crippen molar-refractivity contribution in [3.05, 3.63) is 114 Å². The summed E-state index contributed by atoms with van der Waals surface area (Å²) in [5, 5.41) is 2.28. The fourth-order valence-corrected chi connectivity index (χ4v) is 5.26. The van der Waals surface area contributed by atoms with Crippen LogP contribution in [0.15, 0.2) is 102 Å². The van der Waals surface area contributed by atoms with Crippen molar-refractivity contribution in [1.82, 2.24) is 4.98 Å². The Morgan fingerprint density at radius 1 is 0.622 bits per heavy atom. The maximum Gasteiger partial charge on any atom is 0.136 e. The number of rotatable bonds is 3. The largest absolute Gasteiger partial charge is 0.456 e. The molecule has 0 bridgehead atoms. The van der Waals surface area contributed by atoms with Crippen molar-refractivity contribution < 1.29 is 4.42 Å². The molecule has 2 aromatic heterocycles. The first-order chi connectivity index (χ1) is 17.8. The van der Waals surface area contributed by atoms with E-state index in [0.717, 1.165) is 33.2 Å². The molecule has 182 valence electrons. The van der Waals surface area contributed by atoms with E-state index >= 15 is 0 Å². The van der Waals surface area contributed by atoms with Crippen LogP contribution in [0.3, 0.4) is 0 Å². The quantitative estimate of drug-likeness (QED) is 0.251. The number of fused-ring (bicyclic) bond motifs is 3. The van der Waals surface area contributed by atoms with Gasteiger partial charge in [-0.1, -0.05) is 75.4 Å². The van der Waals surface area contributed by atoms with Crippen LogP contribution in [0.2, 0.25) is 0 Å². The maximum atomic E-state index is 6.59. The fourth-order valence-electron chi connectivity index (χ4n) is 5.26. The van der Waals surface area contributed by atoms with Crippen molar-refractivity contribution >= 4 is 21.9 Å². The minimum absolute atomic E-state index is 0.0650. The van der Waals surface area contributed by atoms with Gasteiger partial charge in [-0.05, 0) is 94.6 Å². The van der Waals surface area contributed by atoms with E-state index in [-0.39, 0.29) is 5.41 Å². The second-order valence-electron chi connectivity index (χ2n) is 11.0. The Labute approximate surface area is 218 Å². The van der Waals surface area contributed by atoms with Crippen LogP contribution >= 0.6 is 0 Å². The van der Waals surface area contributed by atoms with E-state index in [1.807, 2.05) is 6.20 Å². The third kappa shape index (κ3) is 4.13. The Morgan fingerprint density at radius 2 is 1.30 bits per heavy atom. The lowest BCUT2D eigenvalue weighted by Crippen LogP contribution is -2.11. The van der Waals surface area contributed by atoms with E-state index in [1.165, 1.54) is 38.9 Å². The lowest BCUT2D eigenvalue weighted by molar-refractivity contribution is 0.589. The number of pyridine rings is 1. The molecule has 2 heterocycles. The zero-order valence-corrected chi connectivity index (χ0v) is 22.1. The van der Waals surface area contributed by atoms with Gasteiger partial charge >= 0.3 is 0 Å². The van der Waals surface area contributed by atoms with Crippen molar-refractivity contribution in [3.63, 3.8) is 0 Å². The molecule has 4 aromatic carbocycles. The Morgan fingerprint density at radius 3 is 2.00 bits per heavy atom. The molecular formula is C35H31NO. The number of nitrogens with zero attached hydrogens (tertiary/aromatic N) is 1. The summed E-state index contributed by atoms with van der Waals surface area (Å²) < 4.78 is 6.59. The summed E-state index contributed by atoms with van der Waals surface area (Å²) in [5.74, 6) is 0. The fraction of sp³-hybridized carbons (Fsp3) is 0.171. The first-order valence-corrected chi connectivity index (χ1v) is 12.9. The average molecular weight is 482 g/mol. The summed E-state index contributed by atoms with van der Waals surface area (Å²) in [4.78, 5) is 4.68. The monoisotopic (exact) mass is 481 g/mol. The first kappa shape index (κ1) is 23.2. The van der Waals surface area contributed by atoms with E-state index in [4.69, 9.17) is 4.42 Å². The molecule has 0 saturated carbocycles. The van der Waals surface area contributed by atoms with Crippen molar-refractivity contribution in [2.45, 2.75) is 40.0 Å². The molecule has 0 spiro atoms. The van der Waals surface area contributed by atoms with Gasteiger partial charge in [0, 0.05) is 22.5 Å². The van der Waals surface area contributed by atoms with Gasteiger partial charge in [0.1, 0.15) is 11.2 Å². The predicted molar refractivity (Wildman–Crippen MR) is 156 cm³/mol. The number of aryl methyl sites for hydroxylation is 2. The molecule has 0 N–H and O–H groups in total. The van der Waals surface area contributed by atoms with Crippen LogP contribution in [-0.2, 0) is 5.41 Å². The number of furan rings is 1. The highest BCUT2D eigenvalue weighted by Gasteiger charge is 2.19. The van der Waals surface area contributed by atoms with Crippen LogP contribution in [0, 0.1) is 13.8 Å².